The lowest BCUT2D eigenvalue weighted by Gasteiger charge is -2.28. The molecule has 1 fully saturated rings. The van der Waals surface area contributed by atoms with Gasteiger partial charge in [0.25, 0.3) is 0 Å². The van der Waals surface area contributed by atoms with Crippen molar-refractivity contribution in [1.82, 2.24) is 0 Å². The van der Waals surface area contributed by atoms with Gasteiger partial charge in [-0.1, -0.05) is 13.8 Å². The molecule has 1 saturated heterocycles. The van der Waals surface area contributed by atoms with E-state index < -0.39 is 6.10 Å². The Bertz CT molecular complexity index is 153. The second-order valence-electron chi connectivity index (χ2n) is 3.37. The lowest BCUT2D eigenvalue weighted by molar-refractivity contribution is -0.163. The third kappa shape index (κ3) is 2.19. The first-order chi connectivity index (χ1) is 5.09. The predicted octanol–water partition coefficient (Wildman–Crippen LogP) is 0.709. The van der Waals surface area contributed by atoms with Crippen molar-refractivity contribution in [3.8, 4) is 0 Å². The molecule has 0 radical (unpaired) electrons. The highest BCUT2D eigenvalue weighted by atomic mass is 16.5. The monoisotopic (exact) mass is 158 g/mol. The number of esters is 1. The fourth-order valence-corrected chi connectivity index (χ4v) is 1.22. The van der Waals surface area contributed by atoms with E-state index in [1.54, 1.807) is 0 Å². The molecular weight excluding hydrogens is 144 g/mol. The van der Waals surface area contributed by atoms with E-state index in [1.807, 2.05) is 13.8 Å². The number of cyclic esters (lactones) is 1. The van der Waals surface area contributed by atoms with Gasteiger partial charge in [0.2, 0.25) is 0 Å². The van der Waals surface area contributed by atoms with Crippen LogP contribution in [0.3, 0.4) is 0 Å². The molecular formula is C8H14O3. The summed E-state index contributed by atoms with van der Waals surface area (Å²) in [6, 6.07) is 0. The van der Waals surface area contributed by atoms with Gasteiger partial charge in [0, 0.05) is 6.42 Å². The third-order valence-corrected chi connectivity index (χ3v) is 1.93. The zero-order valence-electron chi connectivity index (χ0n) is 6.91. The first kappa shape index (κ1) is 8.53. The van der Waals surface area contributed by atoms with E-state index in [0.29, 0.717) is 12.3 Å². The van der Waals surface area contributed by atoms with Gasteiger partial charge in [-0.3, -0.25) is 4.79 Å². The van der Waals surface area contributed by atoms with E-state index in [-0.39, 0.29) is 18.5 Å². The van der Waals surface area contributed by atoms with Gasteiger partial charge in [-0.05, 0) is 5.92 Å². The maximum Gasteiger partial charge on any atom is 0.308 e. The van der Waals surface area contributed by atoms with Gasteiger partial charge >= 0.3 is 5.97 Å². The number of aliphatic hydroxyl groups excluding tert-OH is 1. The average Bonchev–Trinajstić information content (AvgIpc) is 1.85. The highest BCUT2D eigenvalue weighted by molar-refractivity contribution is 5.70. The van der Waals surface area contributed by atoms with Gasteiger partial charge in [-0.15, -0.1) is 0 Å². The molecule has 2 atom stereocenters. The first-order valence-corrected chi connectivity index (χ1v) is 3.97. The highest BCUT2D eigenvalue weighted by Gasteiger charge is 2.28. The quantitative estimate of drug-likeness (QED) is 0.572. The standard InChI is InChI=1S/C8H14O3/c1-5(2)7-3-6(9)4-8(10)11-7/h5-7,9H,3-4H2,1-2H3/t6-,7-/m1/s1. The van der Waals surface area contributed by atoms with E-state index in [9.17, 15) is 9.90 Å². The zero-order chi connectivity index (χ0) is 8.43. The first-order valence-electron chi connectivity index (χ1n) is 3.97. The number of hydrogen-bond donors (Lipinski definition) is 1. The summed E-state index contributed by atoms with van der Waals surface area (Å²) in [5, 5.41) is 9.20. The molecule has 0 aromatic rings. The van der Waals surface area contributed by atoms with Gasteiger partial charge < -0.3 is 9.84 Å². The Morgan fingerprint density at radius 1 is 1.64 bits per heavy atom. The van der Waals surface area contributed by atoms with Gasteiger partial charge in [-0.2, -0.15) is 0 Å². The summed E-state index contributed by atoms with van der Waals surface area (Å²) in [5.74, 6) is 0.0244. The van der Waals surface area contributed by atoms with Crippen LogP contribution >= 0.6 is 0 Å². The minimum atomic E-state index is -0.497. The van der Waals surface area contributed by atoms with Gasteiger partial charge in [0.1, 0.15) is 6.10 Å². The van der Waals surface area contributed by atoms with Crippen LogP contribution in [0.2, 0.25) is 0 Å². The van der Waals surface area contributed by atoms with Crippen molar-refractivity contribution in [3.63, 3.8) is 0 Å². The van der Waals surface area contributed by atoms with Crippen molar-refractivity contribution < 1.29 is 14.6 Å². The predicted molar refractivity (Wildman–Crippen MR) is 40.0 cm³/mol. The highest BCUT2D eigenvalue weighted by Crippen LogP contribution is 2.20. The van der Waals surface area contributed by atoms with Crippen LogP contribution in [0.5, 0.6) is 0 Å². The van der Waals surface area contributed by atoms with Crippen molar-refractivity contribution in [2.45, 2.75) is 38.9 Å². The minimum absolute atomic E-state index is 0.0914. The number of carbonyl (C=O) groups is 1. The topological polar surface area (TPSA) is 46.5 Å². The Hall–Kier alpha value is -0.570. The number of ether oxygens (including phenoxy) is 1. The van der Waals surface area contributed by atoms with Crippen LogP contribution in [0.1, 0.15) is 26.7 Å². The molecule has 3 heteroatoms. The molecule has 0 aliphatic carbocycles. The molecule has 0 amide bonds. The van der Waals surface area contributed by atoms with E-state index in [0.717, 1.165) is 0 Å². The molecule has 0 unspecified atom stereocenters. The molecule has 11 heavy (non-hydrogen) atoms. The van der Waals surface area contributed by atoms with Crippen LogP contribution in [0.15, 0.2) is 0 Å². The molecule has 0 bridgehead atoms. The summed E-state index contributed by atoms with van der Waals surface area (Å²) in [6.45, 7) is 3.96. The van der Waals surface area contributed by atoms with Crippen LogP contribution in [0.25, 0.3) is 0 Å². The van der Waals surface area contributed by atoms with Crippen molar-refractivity contribution in [2.24, 2.45) is 5.92 Å². The Balaban J connectivity index is 2.49. The van der Waals surface area contributed by atoms with Crippen LogP contribution in [0.4, 0.5) is 0 Å². The Kier molecular flexibility index (Phi) is 2.49. The van der Waals surface area contributed by atoms with Crippen LogP contribution < -0.4 is 0 Å². The van der Waals surface area contributed by atoms with E-state index in [2.05, 4.69) is 0 Å². The van der Waals surface area contributed by atoms with Gasteiger partial charge in [0.05, 0.1) is 12.5 Å². The molecule has 1 aliphatic rings. The molecule has 0 aromatic carbocycles. The normalized spacial score (nSPS) is 32.2. The molecule has 1 aliphatic heterocycles. The smallest absolute Gasteiger partial charge is 0.308 e. The maximum atomic E-state index is 10.8. The zero-order valence-corrected chi connectivity index (χ0v) is 6.91. The number of rotatable bonds is 1. The van der Waals surface area contributed by atoms with Crippen molar-refractivity contribution in [2.75, 3.05) is 0 Å². The van der Waals surface area contributed by atoms with Crippen LogP contribution in [-0.4, -0.2) is 23.3 Å². The molecule has 1 rings (SSSR count). The Labute approximate surface area is 66.4 Å². The maximum absolute atomic E-state index is 10.8. The number of hydrogen-bond acceptors (Lipinski definition) is 3. The molecule has 0 aromatic heterocycles. The Morgan fingerprint density at radius 3 is 2.73 bits per heavy atom. The molecule has 1 N–H and O–H groups in total. The Morgan fingerprint density at radius 2 is 2.27 bits per heavy atom. The summed E-state index contributed by atoms with van der Waals surface area (Å²) in [5.41, 5.74) is 0. The van der Waals surface area contributed by atoms with E-state index >= 15 is 0 Å². The summed E-state index contributed by atoms with van der Waals surface area (Å²) < 4.78 is 5.02. The molecule has 0 spiro atoms. The summed E-state index contributed by atoms with van der Waals surface area (Å²) >= 11 is 0. The van der Waals surface area contributed by atoms with E-state index in [1.165, 1.54) is 0 Å². The van der Waals surface area contributed by atoms with Crippen LogP contribution in [-0.2, 0) is 9.53 Å². The summed E-state index contributed by atoms with van der Waals surface area (Å²) in [7, 11) is 0. The lowest BCUT2D eigenvalue weighted by Crippen LogP contribution is -2.35. The SMILES string of the molecule is CC(C)[C@H]1C[C@@H](O)CC(=O)O1. The molecule has 64 valence electrons. The molecule has 1 heterocycles. The van der Waals surface area contributed by atoms with Crippen LogP contribution in [0, 0.1) is 5.92 Å². The average molecular weight is 158 g/mol. The second kappa shape index (κ2) is 3.22. The summed E-state index contributed by atoms with van der Waals surface area (Å²) in [6.07, 6.45) is 0.155. The number of carbonyl (C=O) groups excluding carboxylic acids is 1. The molecule has 0 saturated carbocycles. The van der Waals surface area contributed by atoms with Crippen molar-refractivity contribution >= 4 is 5.97 Å². The fraction of sp³-hybridized carbons (Fsp3) is 0.875. The largest absolute Gasteiger partial charge is 0.462 e. The fourth-order valence-electron chi connectivity index (χ4n) is 1.22. The summed E-state index contributed by atoms with van der Waals surface area (Å²) in [4.78, 5) is 10.8. The van der Waals surface area contributed by atoms with Gasteiger partial charge in [-0.25, -0.2) is 0 Å². The molecule has 3 nitrogen and oxygen atoms in total. The third-order valence-electron chi connectivity index (χ3n) is 1.93. The minimum Gasteiger partial charge on any atom is -0.462 e. The van der Waals surface area contributed by atoms with Gasteiger partial charge in [0.15, 0.2) is 0 Å². The van der Waals surface area contributed by atoms with E-state index in [4.69, 9.17) is 4.74 Å². The lowest BCUT2D eigenvalue weighted by atomic mass is 9.97. The van der Waals surface area contributed by atoms with Crippen molar-refractivity contribution in [1.29, 1.82) is 0 Å². The number of aliphatic hydroxyl groups is 1. The second-order valence-corrected chi connectivity index (χ2v) is 3.37. The van der Waals surface area contributed by atoms with Crippen molar-refractivity contribution in [3.05, 3.63) is 0 Å².